The van der Waals surface area contributed by atoms with E-state index in [1.165, 1.54) is 24.3 Å². The summed E-state index contributed by atoms with van der Waals surface area (Å²) in [4.78, 5) is 36.3. The third-order valence-corrected chi connectivity index (χ3v) is 4.76. The fraction of sp³-hybridized carbons (Fsp3) is 0.190. The van der Waals surface area contributed by atoms with Gasteiger partial charge in [0.15, 0.2) is 0 Å². The van der Waals surface area contributed by atoms with Crippen LogP contribution in [0.3, 0.4) is 0 Å². The van der Waals surface area contributed by atoms with Crippen LogP contribution < -0.4 is 10.9 Å². The van der Waals surface area contributed by atoms with Gasteiger partial charge in [-0.2, -0.15) is 0 Å². The molecule has 1 amide bonds. The maximum atomic E-state index is 13.1. The van der Waals surface area contributed by atoms with E-state index in [9.17, 15) is 23.9 Å². The summed E-state index contributed by atoms with van der Waals surface area (Å²) < 4.78 is 14.2. The SMILES string of the molecule is Cc1cccc(C(CC(=O)O)NC(=O)c2cc(=O)n(-c3ccc(F)cc3)[nH]2)c1C. The van der Waals surface area contributed by atoms with Crippen molar-refractivity contribution in [1.82, 2.24) is 15.1 Å². The number of nitrogens with one attached hydrogen (secondary N) is 2. The van der Waals surface area contributed by atoms with E-state index in [0.717, 1.165) is 21.9 Å². The lowest BCUT2D eigenvalue weighted by Gasteiger charge is -2.20. The van der Waals surface area contributed by atoms with E-state index in [1.54, 1.807) is 12.1 Å². The highest BCUT2D eigenvalue weighted by Crippen LogP contribution is 2.23. The predicted octanol–water partition coefficient (Wildman–Crippen LogP) is 2.87. The molecule has 0 aliphatic rings. The number of aromatic nitrogens is 2. The van der Waals surface area contributed by atoms with Gasteiger partial charge in [0.25, 0.3) is 11.5 Å². The molecule has 3 aromatic rings. The van der Waals surface area contributed by atoms with Crippen LogP contribution in [0.2, 0.25) is 0 Å². The third kappa shape index (κ3) is 4.43. The lowest BCUT2D eigenvalue weighted by Crippen LogP contribution is -2.31. The number of aliphatic carboxylic acids is 1. The minimum absolute atomic E-state index is 0.0278. The van der Waals surface area contributed by atoms with E-state index in [1.807, 2.05) is 19.9 Å². The van der Waals surface area contributed by atoms with E-state index in [-0.39, 0.29) is 12.1 Å². The molecule has 0 bridgehead atoms. The molecular weight excluding hydrogens is 377 g/mol. The molecule has 3 N–H and O–H groups in total. The van der Waals surface area contributed by atoms with Crippen molar-refractivity contribution in [2.24, 2.45) is 0 Å². The number of aryl methyl sites for hydroxylation is 1. The zero-order valence-corrected chi connectivity index (χ0v) is 15.9. The van der Waals surface area contributed by atoms with Crippen molar-refractivity contribution in [2.45, 2.75) is 26.3 Å². The molecule has 2 aromatic carbocycles. The van der Waals surface area contributed by atoms with E-state index in [0.29, 0.717) is 11.3 Å². The van der Waals surface area contributed by atoms with Crippen LogP contribution in [0.25, 0.3) is 5.69 Å². The molecule has 0 radical (unpaired) electrons. The minimum atomic E-state index is -1.06. The average molecular weight is 397 g/mol. The van der Waals surface area contributed by atoms with Gasteiger partial charge in [0, 0.05) is 6.07 Å². The largest absolute Gasteiger partial charge is 0.481 e. The smallest absolute Gasteiger partial charge is 0.305 e. The number of carbonyl (C=O) groups excluding carboxylic acids is 1. The zero-order valence-electron chi connectivity index (χ0n) is 15.9. The Bertz CT molecular complexity index is 1120. The molecule has 3 rings (SSSR count). The van der Waals surface area contributed by atoms with Crippen LogP contribution in [0.5, 0.6) is 0 Å². The lowest BCUT2D eigenvalue weighted by molar-refractivity contribution is -0.137. The highest BCUT2D eigenvalue weighted by molar-refractivity contribution is 5.92. The summed E-state index contributed by atoms with van der Waals surface area (Å²) in [7, 11) is 0. The Morgan fingerprint density at radius 3 is 2.52 bits per heavy atom. The van der Waals surface area contributed by atoms with Gasteiger partial charge in [0.1, 0.15) is 11.5 Å². The van der Waals surface area contributed by atoms with Crippen LogP contribution >= 0.6 is 0 Å². The number of hydrogen-bond donors (Lipinski definition) is 3. The molecule has 150 valence electrons. The van der Waals surface area contributed by atoms with Gasteiger partial charge in [-0.25, -0.2) is 9.07 Å². The van der Waals surface area contributed by atoms with Gasteiger partial charge < -0.3 is 10.4 Å². The molecule has 29 heavy (non-hydrogen) atoms. The normalized spacial score (nSPS) is 11.8. The summed E-state index contributed by atoms with van der Waals surface area (Å²) in [6.45, 7) is 3.76. The number of hydrogen-bond acceptors (Lipinski definition) is 3. The number of halogens is 1. The second-order valence-electron chi connectivity index (χ2n) is 6.73. The first-order valence-electron chi connectivity index (χ1n) is 8.93. The monoisotopic (exact) mass is 397 g/mol. The number of H-pyrrole nitrogens is 1. The Morgan fingerprint density at radius 2 is 1.86 bits per heavy atom. The number of nitrogens with zero attached hydrogens (tertiary/aromatic N) is 1. The summed E-state index contributed by atoms with van der Waals surface area (Å²) in [5.74, 6) is -2.12. The summed E-state index contributed by atoms with van der Waals surface area (Å²) in [6.07, 6.45) is -0.307. The number of benzene rings is 2. The molecular formula is C21H20FN3O4. The summed E-state index contributed by atoms with van der Waals surface area (Å²) in [5.41, 5.74) is 2.40. The zero-order chi connectivity index (χ0) is 21.1. The van der Waals surface area contributed by atoms with Crippen molar-refractivity contribution in [3.05, 3.63) is 87.1 Å². The first-order valence-corrected chi connectivity index (χ1v) is 8.93. The highest BCUT2D eigenvalue weighted by atomic mass is 19.1. The van der Waals surface area contributed by atoms with Gasteiger partial charge in [-0.05, 0) is 54.8 Å². The van der Waals surface area contributed by atoms with Gasteiger partial charge in [-0.1, -0.05) is 18.2 Å². The average Bonchev–Trinajstić information content (AvgIpc) is 3.05. The maximum Gasteiger partial charge on any atom is 0.305 e. The topological polar surface area (TPSA) is 104 Å². The first kappa shape index (κ1) is 20.1. The van der Waals surface area contributed by atoms with Crippen LogP contribution in [-0.2, 0) is 4.79 Å². The Balaban J connectivity index is 1.89. The van der Waals surface area contributed by atoms with E-state index < -0.39 is 29.3 Å². The fourth-order valence-corrected chi connectivity index (χ4v) is 3.09. The molecule has 8 heteroatoms. The molecule has 1 aromatic heterocycles. The third-order valence-electron chi connectivity index (χ3n) is 4.76. The Kier molecular flexibility index (Phi) is 5.63. The van der Waals surface area contributed by atoms with Crippen LogP contribution in [0.4, 0.5) is 4.39 Å². The fourth-order valence-electron chi connectivity index (χ4n) is 3.09. The second kappa shape index (κ2) is 8.14. The van der Waals surface area contributed by atoms with Gasteiger partial charge >= 0.3 is 5.97 Å². The van der Waals surface area contributed by atoms with Crippen molar-refractivity contribution in [3.8, 4) is 5.69 Å². The van der Waals surface area contributed by atoms with Crippen LogP contribution in [0.15, 0.2) is 53.3 Å². The number of amides is 1. The van der Waals surface area contributed by atoms with Crippen molar-refractivity contribution in [2.75, 3.05) is 0 Å². The quantitative estimate of drug-likeness (QED) is 0.595. The highest BCUT2D eigenvalue weighted by Gasteiger charge is 2.22. The lowest BCUT2D eigenvalue weighted by atomic mass is 9.95. The van der Waals surface area contributed by atoms with Crippen molar-refractivity contribution in [1.29, 1.82) is 0 Å². The number of carboxylic acid groups (broad SMARTS) is 1. The van der Waals surface area contributed by atoms with E-state index in [4.69, 9.17) is 0 Å². The van der Waals surface area contributed by atoms with Gasteiger partial charge in [-0.3, -0.25) is 19.5 Å². The Hall–Kier alpha value is -3.68. The molecule has 0 aliphatic carbocycles. The van der Waals surface area contributed by atoms with Gasteiger partial charge in [0.05, 0.1) is 18.2 Å². The molecule has 0 aliphatic heterocycles. The minimum Gasteiger partial charge on any atom is -0.481 e. The summed E-state index contributed by atoms with van der Waals surface area (Å²) in [6, 6.07) is 11.0. The van der Waals surface area contributed by atoms with Crippen molar-refractivity contribution < 1.29 is 19.1 Å². The summed E-state index contributed by atoms with van der Waals surface area (Å²) >= 11 is 0. The van der Waals surface area contributed by atoms with Crippen LogP contribution in [0, 0.1) is 19.7 Å². The molecule has 0 saturated heterocycles. The van der Waals surface area contributed by atoms with Crippen molar-refractivity contribution in [3.63, 3.8) is 0 Å². The number of carboxylic acids is 1. The van der Waals surface area contributed by atoms with E-state index >= 15 is 0 Å². The first-order chi connectivity index (χ1) is 13.8. The standard InChI is InChI=1S/C21H20FN3O4/c1-12-4-3-5-16(13(12)2)17(11-20(27)28)23-21(29)18-10-19(26)25(24-18)15-8-6-14(22)7-9-15/h3-10,17,24H,11H2,1-2H3,(H,23,29)(H,27,28). The summed E-state index contributed by atoms with van der Waals surface area (Å²) in [5, 5.41) is 14.6. The molecule has 0 fully saturated rings. The van der Waals surface area contributed by atoms with Gasteiger partial charge in [0.2, 0.25) is 0 Å². The predicted molar refractivity (Wildman–Crippen MR) is 105 cm³/mol. The second-order valence-corrected chi connectivity index (χ2v) is 6.73. The van der Waals surface area contributed by atoms with Crippen LogP contribution in [-0.4, -0.2) is 26.8 Å². The van der Waals surface area contributed by atoms with Gasteiger partial charge in [-0.15, -0.1) is 0 Å². The van der Waals surface area contributed by atoms with Crippen LogP contribution in [0.1, 0.15) is 39.6 Å². The number of rotatable bonds is 6. The molecule has 1 atom stereocenters. The maximum absolute atomic E-state index is 13.1. The number of aromatic amines is 1. The Labute approximate surface area is 165 Å². The van der Waals surface area contributed by atoms with Crippen molar-refractivity contribution >= 4 is 11.9 Å². The molecule has 0 saturated carbocycles. The number of carbonyl (C=O) groups is 2. The molecule has 0 spiro atoms. The molecule has 1 unspecified atom stereocenters. The molecule has 1 heterocycles. The molecule has 7 nitrogen and oxygen atoms in total. The van der Waals surface area contributed by atoms with E-state index in [2.05, 4.69) is 10.4 Å². The Morgan fingerprint density at radius 1 is 1.17 bits per heavy atom.